The molecule has 4 nitrogen and oxygen atoms in total. The molecule has 1 unspecified atom stereocenters. The van der Waals surface area contributed by atoms with Gasteiger partial charge in [0, 0.05) is 45.0 Å². The summed E-state index contributed by atoms with van der Waals surface area (Å²) in [5, 5.41) is 9.44. The maximum absolute atomic E-state index is 13.3. The van der Waals surface area contributed by atoms with Crippen molar-refractivity contribution in [3.63, 3.8) is 0 Å². The summed E-state index contributed by atoms with van der Waals surface area (Å²) < 4.78 is 40.0. The number of hydrogen-bond donors (Lipinski definition) is 1. The van der Waals surface area contributed by atoms with Crippen LogP contribution in [0.25, 0.3) is 0 Å². The van der Waals surface area contributed by atoms with Gasteiger partial charge in [0.2, 0.25) is 0 Å². The predicted molar refractivity (Wildman–Crippen MR) is 98.5 cm³/mol. The molecule has 7 heteroatoms. The third-order valence-electron chi connectivity index (χ3n) is 4.96. The van der Waals surface area contributed by atoms with Crippen molar-refractivity contribution in [2.24, 2.45) is 0 Å². The number of rotatable bonds is 5. The molecule has 0 aliphatic carbocycles. The van der Waals surface area contributed by atoms with E-state index in [2.05, 4.69) is 34.1 Å². The first-order valence-corrected chi connectivity index (χ1v) is 9.06. The number of aliphatic hydroxyl groups is 1. The molecule has 0 spiro atoms. The smallest absolute Gasteiger partial charge is 0.396 e. The maximum atomic E-state index is 13.3. The average Bonchev–Trinajstić information content (AvgIpc) is 2.64. The van der Waals surface area contributed by atoms with Gasteiger partial charge in [0.15, 0.2) is 0 Å². The molecular weight excluding hydrogens is 355 g/mol. The zero-order valence-electron chi connectivity index (χ0n) is 15.3. The van der Waals surface area contributed by atoms with Crippen LogP contribution in [-0.2, 0) is 12.7 Å². The molecule has 1 fully saturated rings. The predicted octanol–water partition coefficient (Wildman–Crippen LogP) is 3.48. The second-order valence-electron chi connectivity index (χ2n) is 6.94. The molecule has 27 heavy (non-hydrogen) atoms. The first-order chi connectivity index (χ1) is 12.9. The monoisotopic (exact) mass is 379 g/mol. The van der Waals surface area contributed by atoms with Crippen molar-refractivity contribution in [2.75, 3.05) is 31.1 Å². The molecule has 1 aromatic carbocycles. The van der Waals surface area contributed by atoms with Gasteiger partial charge in [0.1, 0.15) is 5.82 Å². The van der Waals surface area contributed by atoms with E-state index in [0.717, 1.165) is 11.6 Å². The summed E-state index contributed by atoms with van der Waals surface area (Å²) in [6.45, 7) is 4.24. The molecule has 0 radical (unpaired) electrons. The van der Waals surface area contributed by atoms with Crippen LogP contribution < -0.4 is 4.90 Å². The lowest BCUT2D eigenvalue weighted by molar-refractivity contribution is -0.137. The normalized spacial score (nSPS) is 18.7. The van der Waals surface area contributed by atoms with Crippen molar-refractivity contribution < 1.29 is 18.3 Å². The van der Waals surface area contributed by atoms with Crippen LogP contribution in [-0.4, -0.2) is 47.3 Å². The van der Waals surface area contributed by atoms with Gasteiger partial charge in [-0.25, -0.2) is 4.98 Å². The minimum Gasteiger partial charge on any atom is -0.396 e. The molecule has 1 N–H and O–H groups in total. The van der Waals surface area contributed by atoms with Gasteiger partial charge in [0.05, 0.1) is 5.56 Å². The molecule has 146 valence electrons. The van der Waals surface area contributed by atoms with Gasteiger partial charge in [-0.05, 0) is 31.0 Å². The highest BCUT2D eigenvalue weighted by Gasteiger charge is 2.37. The largest absolute Gasteiger partial charge is 0.419 e. The molecule has 2 aromatic rings. The van der Waals surface area contributed by atoms with Gasteiger partial charge in [-0.3, -0.25) is 4.90 Å². The Labute approximate surface area is 157 Å². The topological polar surface area (TPSA) is 39.6 Å². The third kappa shape index (κ3) is 4.78. The van der Waals surface area contributed by atoms with Crippen molar-refractivity contribution in [3.8, 4) is 0 Å². The lowest BCUT2D eigenvalue weighted by Gasteiger charge is -2.42. The van der Waals surface area contributed by atoms with Crippen LogP contribution in [0.15, 0.2) is 42.6 Å². The minimum absolute atomic E-state index is 0.00273. The summed E-state index contributed by atoms with van der Waals surface area (Å²) in [4.78, 5) is 7.93. The number of hydrogen-bond acceptors (Lipinski definition) is 4. The molecule has 0 saturated carbocycles. The Kier molecular flexibility index (Phi) is 6.01. The van der Waals surface area contributed by atoms with Crippen molar-refractivity contribution in [2.45, 2.75) is 32.1 Å². The van der Waals surface area contributed by atoms with Gasteiger partial charge >= 0.3 is 6.18 Å². The summed E-state index contributed by atoms with van der Waals surface area (Å²) in [6, 6.07) is 10.6. The number of piperazine rings is 1. The minimum atomic E-state index is -4.44. The van der Waals surface area contributed by atoms with Crippen LogP contribution in [0.1, 0.15) is 23.1 Å². The molecule has 0 bridgehead atoms. The number of anilines is 1. The average molecular weight is 379 g/mol. The van der Waals surface area contributed by atoms with E-state index in [1.165, 1.54) is 17.8 Å². The fourth-order valence-corrected chi connectivity index (χ4v) is 3.51. The van der Waals surface area contributed by atoms with E-state index < -0.39 is 11.7 Å². The van der Waals surface area contributed by atoms with Gasteiger partial charge in [-0.2, -0.15) is 13.2 Å². The SMILES string of the molecule is Cc1ccc(CN2CCN(c3ncccc3C(F)(F)F)CC2CCO)cc1. The van der Waals surface area contributed by atoms with E-state index >= 15 is 0 Å². The highest BCUT2D eigenvalue weighted by molar-refractivity contribution is 5.49. The third-order valence-corrected chi connectivity index (χ3v) is 4.96. The lowest BCUT2D eigenvalue weighted by atomic mass is 10.1. The maximum Gasteiger partial charge on any atom is 0.419 e. The number of alkyl halides is 3. The number of aromatic nitrogens is 1. The zero-order chi connectivity index (χ0) is 19.4. The molecule has 2 heterocycles. The van der Waals surface area contributed by atoms with Gasteiger partial charge < -0.3 is 10.0 Å². The standard InChI is InChI=1S/C20H24F3N3O/c1-15-4-6-16(7-5-15)13-25-10-11-26(14-17(25)8-12-27)19-18(20(21,22)23)3-2-9-24-19/h2-7,9,17,27H,8,10-14H2,1H3. The Bertz CT molecular complexity index is 749. The van der Waals surface area contributed by atoms with Crippen LogP contribution in [0, 0.1) is 6.92 Å². The fourth-order valence-electron chi connectivity index (χ4n) is 3.51. The van der Waals surface area contributed by atoms with Crippen molar-refractivity contribution >= 4 is 5.82 Å². The first kappa shape index (κ1) is 19.6. The van der Waals surface area contributed by atoms with Crippen LogP contribution in [0.5, 0.6) is 0 Å². The molecule has 1 aromatic heterocycles. The van der Waals surface area contributed by atoms with E-state index in [1.807, 2.05) is 6.92 Å². The van der Waals surface area contributed by atoms with E-state index in [9.17, 15) is 18.3 Å². The van der Waals surface area contributed by atoms with Crippen LogP contribution in [0.2, 0.25) is 0 Å². The highest BCUT2D eigenvalue weighted by atomic mass is 19.4. The van der Waals surface area contributed by atoms with E-state index in [0.29, 0.717) is 32.6 Å². The molecule has 3 rings (SSSR count). The van der Waals surface area contributed by atoms with Crippen molar-refractivity contribution in [1.82, 2.24) is 9.88 Å². The first-order valence-electron chi connectivity index (χ1n) is 9.06. The Balaban J connectivity index is 1.77. The summed E-state index contributed by atoms with van der Waals surface area (Å²) in [6.07, 6.45) is -2.53. The molecule has 1 saturated heterocycles. The number of pyridine rings is 1. The summed E-state index contributed by atoms with van der Waals surface area (Å²) >= 11 is 0. The number of benzene rings is 1. The van der Waals surface area contributed by atoms with E-state index in [-0.39, 0.29) is 18.5 Å². The highest BCUT2D eigenvalue weighted by Crippen LogP contribution is 2.36. The van der Waals surface area contributed by atoms with Gasteiger partial charge in [-0.1, -0.05) is 29.8 Å². The molecular formula is C20H24F3N3O. The van der Waals surface area contributed by atoms with Crippen molar-refractivity contribution in [1.29, 1.82) is 0 Å². The number of nitrogens with zero attached hydrogens (tertiary/aromatic N) is 3. The van der Waals surface area contributed by atoms with Crippen LogP contribution in [0.4, 0.5) is 19.0 Å². The quantitative estimate of drug-likeness (QED) is 0.864. The fraction of sp³-hybridized carbons (Fsp3) is 0.450. The summed E-state index contributed by atoms with van der Waals surface area (Å²) in [7, 11) is 0. The number of halogens is 3. The Morgan fingerprint density at radius 2 is 1.89 bits per heavy atom. The molecule has 1 aliphatic heterocycles. The molecule has 1 aliphatic rings. The van der Waals surface area contributed by atoms with E-state index in [4.69, 9.17) is 0 Å². The van der Waals surface area contributed by atoms with Crippen molar-refractivity contribution in [3.05, 3.63) is 59.3 Å². The van der Waals surface area contributed by atoms with Gasteiger partial charge in [0.25, 0.3) is 0 Å². The summed E-state index contributed by atoms with van der Waals surface area (Å²) in [5.41, 5.74) is 1.64. The van der Waals surface area contributed by atoms with E-state index in [1.54, 1.807) is 4.90 Å². The van der Waals surface area contributed by atoms with Crippen LogP contribution in [0.3, 0.4) is 0 Å². The number of aryl methyl sites for hydroxylation is 1. The lowest BCUT2D eigenvalue weighted by Crippen LogP contribution is -2.53. The molecule has 1 atom stereocenters. The number of aliphatic hydroxyl groups excluding tert-OH is 1. The Morgan fingerprint density at radius 1 is 1.15 bits per heavy atom. The Hall–Kier alpha value is -2.12. The summed E-state index contributed by atoms with van der Waals surface area (Å²) in [5.74, 6) is -0.0251. The zero-order valence-corrected chi connectivity index (χ0v) is 15.3. The van der Waals surface area contributed by atoms with Gasteiger partial charge in [-0.15, -0.1) is 0 Å². The molecule has 0 amide bonds. The van der Waals surface area contributed by atoms with Crippen LogP contribution >= 0.6 is 0 Å². The second kappa shape index (κ2) is 8.27. The Morgan fingerprint density at radius 3 is 2.56 bits per heavy atom. The second-order valence-corrected chi connectivity index (χ2v) is 6.94.